The molecule has 11 heteroatoms. The number of nitrogens with one attached hydrogen (secondary N) is 1. The van der Waals surface area contributed by atoms with Gasteiger partial charge < -0.3 is 15.3 Å². The van der Waals surface area contributed by atoms with E-state index in [1.807, 2.05) is 20.8 Å². The number of allylic oxidation sites excluding steroid dienone is 4. The molecule has 0 spiro atoms. The SMILES string of the molecule is CC(O)C(=O)N(CC1CNCC1F)C(c1nc(C2C=C(F)C=CC2F)nn1Cc1cccc(F)c1)C(C)(C)C. The van der Waals surface area contributed by atoms with Crippen molar-refractivity contribution in [2.75, 3.05) is 19.6 Å². The van der Waals surface area contributed by atoms with Crippen molar-refractivity contribution in [1.29, 1.82) is 0 Å². The van der Waals surface area contributed by atoms with Crippen LogP contribution in [0.5, 0.6) is 0 Å². The summed E-state index contributed by atoms with van der Waals surface area (Å²) in [5.74, 6) is -3.10. The third-order valence-electron chi connectivity index (χ3n) is 7.06. The van der Waals surface area contributed by atoms with Crippen molar-refractivity contribution in [2.45, 2.75) is 64.6 Å². The molecule has 212 valence electrons. The lowest BCUT2D eigenvalue weighted by molar-refractivity contribution is -0.146. The molecule has 2 N–H and O–H groups in total. The number of amides is 1. The van der Waals surface area contributed by atoms with E-state index in [0.29, 0.717) is 12.1 Å². The fraction of sp³-hybridized carbons (Fsp3) is 0.536. The summed E-state index contributed by atoms with van der Waals surface area (Å²) in [4.78, 5) is 19.5. The number of hydrogen-bond acceptors (Lipinski definition) is 5. The van der Waals surface area contributed by atoms with E-state index in [9.17, 15) is 27.5 Å². The normalized spacial score (nSPS) is 24.9. The van der Waals surface area contributed by atoms with Gasteiger partial charge in [-0.05, 0) is 48.3 Å². The van der Waals surface area contributed by atoms with E-state index in [1.54, 1.807) is 12.1 Å². The average Bonchev–Trinajstić information content (AvgIpc) is 3.44. The van der Waals surface area contributed by atoms with Gasteiger partial charge in [-0.25, -0.2) is 27.2 Å². The molecular formula is C28H35F4N5O2. The average molecular weight is 550 g/mol. The zero-order chi connectivity index (χ0) is 28.5. The number of aromatic nitrogens is 3. The molecule has 1 aromatic carbocycles. The van der Waals surface area contributed by atoms with Gasteiger partial charge >= 0.3 is 0 Å². The predicted octanol–water partition coefficient (Wildman–Crippen LogP) is 4.16. The number of nitrogens with zero attached hydrogens (tertiary/aromatic N) is 4. The Labute approximate surface area is 225 Å². The fourth-order valence-electron chi connectivity index (χ4n) is 5.17. The molecule has 1 aliphatic heterocycles. The fourth-order valence-corrected chi connectivity index (χ4v) is 5.17. The van der Waals surface area contributed by atoms with E-state index in [1.165, 1.54) is 28.6 Å². The van der Waals surface area contributed by atoms with Crippen molar-refractivity contribution < 1.29 is 27.5 Å². The van der Waals surface area contributed by atoms with E-state index >= 15 is 0 Å². The second kappa shape index (κ2) is 11.6. The van der Waals surface area contributed by atoms with Crippen molar-refractivity contribution in [2.24, 2.45) is 11.3 Å². The standard InChI is InChI=1S/C28H35F4N5O2/c1-16(38)27(39)36(15-18-12-33-13-23(18)32)24(28(2,3)4)26-34-25(21-11-20(30)8-9-22(21)31)35-37(26)14-17-6-5-7-19(29)10-17/h5-11,16,18,21-24,33,38H,12-15H2,1-4H3. The second-order valence-corrected chi connectivity index (χ2v) is 11.4. The molecule has 1 aromatic heterocycles. The third kappa shape index (κ3) is 6.58. The number of aliphatic hydroxyl groups excluding tert-OH is 1. The Morgan fingerprint density at radius 3 is 2.62 bits per heavy atom. The largest absolute Gasteiger partial charge is 0.384 e. The number of carbonyl (C=O) groups is 1. The summed E-state index contributed by atoms with van der Waals surface area (Å²) >= 11 is 0. The molecule has 1 amide bonds. The lowest BCUT2D eigenvalue weighted by atomic mass is 9.83. The van der Waals surface area contributed by atoms with Crippen LogP contribution in [0.4, 0.5) is 17.6 Å². The Kier molecular flexibility index (Phi) is 8.60. The van der Waals surface area contributed by atoms with Crippen LogP contribution in [0.3, 0.4) is 0 Å². The summed E-state index contributed by atoms with van der Waals surface area (Å²) in [6.07, 6.45) is -0.925. The molecule has 1 saturated heterocycles. The van der Waals surface area contributed by atoms with Gasteiger partial charge in [-0.1, -0.05) is 32.9 Å². The summed E-state index contributed by atoms with van der Waals surface area (Å²) in [6.45, 7) is 7.47. The summed E-state index contributed by atoms with van der Waals surface area (Å²) in [5, 5.41) is 17.8. The van der Waals surface area contributed by atoms with Gasteiger partial charge in [-0.15, -0.1) is 0 Å². The molecule has 6 atom stereocenters. The van der Waals surface area contributed by atoms with Crippen LogP contribution in [-0.4, -0.2) is 68.8 Å². The maximum Gasteiger partial charge on any atom is 0.251 e. The molecule has 1 aliphatic carbocycles. The van der Waals surface area contributed by atoms with Gasteiger partial charge in [0.1, 0.15) is 30.1 Å². The van der Waals surface area contributed by atoms with Crippen molar-refractivity contribution in [3.8, 4) is 0 Å². The first-order valence-corrected chi connectivity index (χ1v) is 13.1. The third-order valence-corrected chi connectivity index (χ3v) is 7.06. The van der Waals surface area contributed by atoms with E-state index in [0.717, 1.165) is 18.2 Å². The van der Waals surface area contributed by atoms with Crippen LogP contribution in [0, 0.1) is 17.2 Å². The van der Waals surface area contributed by atoms with Gasteiger partial charge in [-0.2, -0.15) is 5.10 Å². The number of alkyl halides is 2. The monoisotopic (exact) mass is 549 g/mol. The minimum atomic E-state index is -1.58. The van der Waals surface area contributed by atoms with E-state index in [4.69, 9.17) is 0 Å². The van der Waals surface area contributed by atoms with Crippen molar-refractivity contribution in [3.05, 3.63) is 71.3 Å². The van der Waals surface area contributed by atoms with Crippen LogP contribution in [-0.2, 0) is 11.3 Å². The van der Waals surface area contributed by atoms with Crippen LogP contribution in [0.25, 0.3) is 0 Å². The van der Waals surface area contributed by atoms with Crippen LogP contribution in [0.1, 0.15) is 56.9 Å². The van der Waals surface area contributed by atoms with Gasteiger partial charge in [0, 0.05) is 25.6 Å². The Hall–Kier alpha value is -3.05. The van der Waals surface area contributed by atoms with Crippen molar-refractivity contribution >= 4 is 5.91 Å². The highest BCUT2D eigenvalue weighted by molar-refractivity contribution is 5.80. The van der Waals surface area contributed by atoms with Crippen LogP contribution < -0.4 is 5.32 Å². The quantitative estimate of drug-likeness (QED) is 0.484. The number of carbonyl (C=O) groups excluding carboxylic acids is 1. The molecule has 39 heavy (non-hydrogen) atoms. The second-order valence-electron chi connectivity index (χ2n) is 11.4. The zero-order valence-electron chi connectivity index (χ0n) is 22.5. The Bertz CT molecular complexity index is 1240. The van der Waals surface area contributed by atoms with Gasteiger partial charge in [0.2, 0.25) is 0 Å². The van der Waals surface area contributed by atoms with Crippen LogP contribution in [0.15, 0.2) is 48.3 Å². The molecule has 1 fully saturated rings. The number of aliphatic hydroxyl groups is 1. The molecule has 0 bridgehead atoms. The number of halogens is 4. The first kappa shape index (κ1) is 28.9. The molecule has 2 aromatic rings. The lowest BCUT2D eigenvalue weighted by Crippen LogP contribution is -2.49. The van der Waals surface area contributed by atoms with Gasteiger partial charge in [-0.3, -0.25) is 4.79 Å². The molecule has 6 unspecified atom stereocenters. The Morgan fingerprint density at radius 1 is 1.26 bits per heavy atom. The van der Waals surface area contributed by atoms with Crippen LogP contribution in [0.2, 0.25) is 0 Å². The van der Waals surface area contributed by atoms with E-state index in [2.05, 4.69) is 15.4 Å². The molecule has 7 nitrogen and oxygen atoms in total. The summed E-state index contributed by atoms with van der Waals surface area (Å²) in [7, 11) is 0. The Balaban J connectivity index is 1.85. The van der Waals surface area contributed by atoms with Gasteiger partial charge in [0.25, 0.3) is 5.91 Å². The van der Waals surface area contributed by atoms with Crippen molar-refractivity contribution in [1.82, 2.24) is 25.0 Å². The highest BCUT2D eigenvalue weighted by atomic mass is 19.1. The molecule has 4 rings (SSSR count). The molecule has 0 saturated carbocycles. The predicted molar refractivity (Wildman–Crippen MR) is 138 cm³/mol. The minimum Gasteiger partial charge on any atom is -0.384 e. The minimum absolute atomic E-state index is 0.00185. The maximum absolute atomic E-state index is 14.9. The molecule has 0 radical (unpaired) electrons. The first-order valence-electron chi connectivity index (χ1n) is 13.1. The highest BCUT2D eigenvalue weighted by Gasteiger charge is 2.43. The van der Waals surface area contributed by atoms with E-state index in [-0.39, 0.29) is 31.3 Å². The zero-order valence-corrected chi connectivity index (χ0v) is 22.5. The molecule has 2 aliphatic rings. The molecular weight excluding hydrogens is 514 g/mol. The van der Waals surface area contributed by atoms with Crippen LogP contribution >= 0.6 is 0 Å². The Morgan fingerprint density at radius 2 is 2.00 bits per heavy atom. The number of rotatable bonds is 8. The van der Waals surface area contributed by atoms with E-state index < -0.39 is 59.3 Å². The first-order chi connectivity index (χ1) is 18.3. The van der Waals surface area contributed by atoms with Gasteiger partial charge in [0.05, 0.1) is 18.5 Å². The topological polar surface area (TPSA) is 83.3 Å². The highest BCUT2D eigenvalue weighted by Crippen LogP contribution is 2.40. The van der Waals surface area contributed by atoms with Gasteiger partial charge in [0.15, 0.2) is 11.6 Å². The number of benzene rings is 1. The summed E-state index contributed by atoms with van der Waals surface area (Å²) in [6, 6.07) is 5.03. The van der Waals surface area contributed by atoms with Crippen molar-refractivity contribution in [3.63, 3.8) is 0 Å². The summed E-state index contributed by atoms with van der Waals surface area (Å²) in [5.41, 5.74) is -0.172. The maximum atomic E-state index is 14.9. The lowest BCUT2D eigenvalue weighted by Gasteiger charge is -2.41. The smallest absolute Gasteiger partial charge is 0.251 e. The number of hydrogen-bond donors (Lipinski definition) is 2. The summed E-state index contributed by atoms with van der Waals surface area (Å²) < 4.78 is 59.2. The molecule has 2 heterocycles.